The Morgan fingerprint density at radius 1 is 1.07 bits per heavy atom. The maximum atomic E-state index is 11.7. The third-order valence-corrected chi connectivity index (χ3v) is 8.59. The number of para-hydroxylation sites is 1. The first-order valence-electron chi connectivity index (χ1n) is 15.0. The Hall–Kier alpha value is -4.21. The summed E-state index contributed by atoms with van der Waals surface area (Å²) in [7, 11) is 0. The largest absolute Gasteiger partial charge is 0.488 e. The van der Waals surface area contributed by atoms with Crippen LogP contribution in [0.5, 0.6) is 11.6 Å². The van der Waals surface area contributed by atoms with Gasteiger partial charge in [-0.3, -0.25) is 4.90 Å². The molecule has 4 heterocycles. The van der Waals surface area contributed by atoms with Crippen molar-refractivity contribution in [1.82, 2.24) is 19.7 Å². The van der Waals surface area contributed by atoms with Crippen LogP contribution in [-0.4, -0.2) is 63.1 Å². The van der Waals surface area contributed by atoms with E-state index in [2.05, 4.69) is 29.1 Å². The van der Waals surface area contributed by atoms with Gasteiger partial charge in [-0.15, -0.1) is 0 Å². The average molecular weight is 583 g/mol. The van der Waals surface area contributed by atoms with E-state index in [1.807, 2.05) is 37.3 Å². The molecule has 0 amide bonds. The highest BCUT2D eigenvalue weighted by Gasteiger charge is 2.27. The molecule has 0 aliphatic carbocycles. The van der Waals surface area contributed by atoms with Crippen molar-refractivity contribution in [3.05, 3.63) is 88.1 Å². The molecule has 2 aliphatic rings. The van der Waals surface area contributed by atoms with Gasteiger partial charge in [0.25, 0.3) is 0 Å². The molecule has 43 heavy (non-hydrogen) atoms. The fourth-order valence-electron chi connectivity index (χ4n) is 6.24. The van der Waals surface area contributed by atoms with Crippen molar-refractivity contribution in [2.45, 2.75) is 59.2 Å². The number of rotatable bonds is 9. The van der Waals surface area contributed by atoms with E-state index in [1.165, 1.54) is 33.1 Å². The average Bonchev–Trinajstić information content (AvgIpc) is 3.46. The third kappa shape index (κ3) is 5.87. The first kappa shape index (κ1) is 28.9. The highest BCUT2D eigenvalue weighted by molar-refractivity contribution is 5.90. The number of aromatic carboxylic acids is 1. The van der Waals surface area contributed by atoms with Crippen LogP contribution in [0.25, 0.3) is 17.1 Å². The maximum Gasteiger partial charge on any atom is 0.342 e. The molecular formula is C34H38N4O5. The standard InChI is InChI=1S/C34H38N4O5/c1-4-42-33-29(34(39)40)19-35-38(33)31-10-6-9-30(36-31)28-8-5-7-22(2)32(28)43-21-25-12-11-24-20-37(16-13-27(24)23(25)3)26-14-17-41-18-15-26/h5-12,19,26H,4,13-18,20-21H2,1-3H3,(H,39,40). The molecule has 2 aromatic heterocycles. The second kappa shape index (κ2) is 12.6. The molecule has 0 atom stereocenters. The zero-order valence-corrected chi connectivity index (χ0v) is 25.0. The summed E-state index contributed by atoms with van der Waals surface area (Å²) in [5, 5.41) is 13.8. The summed E-state index contributed by atoms with van der Waals surface area (Å²) in [6.45, 7) is 10.6. The fraction of sp³-hybridized carbons (Fsp3) is 0.382. The van der Waals surface area contributed by atoms with Gasteiger partial charge in [0.1, 0.15) is 17.9 Å². The minimum atomic E-state index is -1.10. The number of fused-ring (bicyclic) bond motifs is 1. The summed E-state index contributed by atoms with van der Waals surface area (Å²) >= 11 is 0. The van der Waals surface area contributed by atoms with Crippen LogP contribution < -0.4 is 9.47 Å². The number of benzene rings is 2. The number of carbonyl (C=O) groups is 1. The minimum Gasteiger partial charge on any atom is -0.488 e. The van der Waals surface area contributed by atoms with Crippen LogP contribution in [0.1, 0.15) is 57.9 Å². The highest BCUT2D eigenvalue weighted by atomic mass is 16.5. The van der Waals surface area contributed by atoms with Crippen molar-refractivity contribution >= 4 is 5.97 Å². The molecule has 0 spiro atoms. The van der Waals surface area contributed by atoms with E-state index in [0.29, 0.717) is 30.8 Å². The molecule has 2 aromatic carbocycles. The van der Waals surface area contributed by atoms with Gasteiger partial charge in [-0.2, -0.15) is 9.78 Å². The summed E-state index contributed by atoms with van der Waals surface area (Å²) in [6, 6.07) is 16.7. The van der Waals surface area contributed by atoms with Gasteiger partial charge in [0.2, 0.25) is 5.88 Å². The Labute approximate surface area is 252 Å². The van der Waals surface area contributed by atoms with Gasteiger partial charge >= 0.3 is 5.97 Å². The molecule has 0 radical (unpaired) electrons. The number of nitrogens with zero attached hydrogens (tertiary/aromatic N) is 4. The molecule has 1 N–H and O–H groups in total. The number of hydrogen-bond acceptors (Lipinski definition) is 7. The third-order valence-electron chi connectivity index (χ3n) is 8.59. The van der Waals surface area contributed by atoms with E-state index in [0.717, 1.165) is 62.4 Å². The molecule has 0 bridgehead atoms. The van der Waals surface area contributed by atoms with Gasteiger partial charge in [-0.25, -0.2) is 9.78 Å². The Kier molecular flexibility index (Phi) is 8.44. The van der Waals surface area contributed by atoms with Crippen LogP contribution in [0.2, 0.25) is 0 Å². The van der Waals surface area contributed by atoms with Crippen molar-refractivity contribution in [2.24, 2.45) is 0 Å². The lowest BCUT2D eigenvalue weighted by Crippen LogP contribution is -2.42. The van der Waals surface area contributed by atoms with Crippen molar-refractivity contribution in [3.63, 3.8) is 0 Å². The first-order chi connectivity index (χ1) is 20.9. The van der Waals surface area contributed by atoms with Gasteiger partial charge in [-0.05, 0) is 86.1 Å². The van der Waals surface area contributed by atoms with E-state index in [9.17, 15) is 9.90 Å². The van der Waals surface area contributed by atoms with Crippen molar-refractivity contribution < 1.29 is 24.1 Å². The molecule has 9 nitrogen and oxygen atoms in total. The number of carboxylic acids is 1. The maximum absolute atomic E-state index is 11.7. The molecule has 0 saturated carbocycles. The Bertz CT molecular complexity index is 1630. The zero-order chi connectivity index (χ0) is 29.9. The molecule has 1 fully saturated rings. The van der Waals surface area contributed by atoms with E-state index in [4.69, 9.17) is 19.2 Å². The fourth-order valence-corrected chi connectivity index (χ4v) is 6.24. The number of pyridine rings is 1. The predicted molar refractivity (Wildman–Crippen MR) is 163 cm³/mol. The second-order valence-corrected chi connectivity index (χ2v) is 11.2. The lowest BCUT2D eigenvalue weighted by atomic mass is 9.90. The monoisotopic (exact) mass is 582 g/mol. The molecule has 4 aromatic rings. The van der Waals surface area contributed by atoms with Gasteiger partial charge in [-0.1, -0.05) is 30.3 Å². The first-order valence-corrected chi connectivity index (χ1v) is 15.0. The molecular weight excluding hydrogens is 544 g/mol. The molecule has 9 heteroatoms. The van der Waals surface area contributed by atoms with Crippen molar-refractivity contribution in [2.75, 3.05) is 26.4 Å². The van der Waals surface area contributed by atoms with E-state index < -0.39 is 5.97 Å². The van der Waals surface area contributed by atoms with Gasteiger partial charge in [0.15, 0.2) is 5.82 Å². The number of ether oxygens (including phenoxy) is 3. The van der Waals surface area contributed by atoms with Crippen LogP contribution in [0.15, 0.2) is 54.7 Å². The van der Waals surface area contributed by atoms with Crippen LogP contribution in [-0.2, 0) is 24.3 Å². The van der Waals surface area contributed by atoms with Gasteiger partial charge in [0.05, 0.1) is 18.5 Å². The van der Waals surface area contributed by atoms with Gasteiger partial charge in [0, 0.05) is 37.9 Å². The summed E-state index contributed by atoms with van der Waals surface area (Å²) in [5.41, 5.74) is 7.93. The molecule has 2 aliphatic heterocycles. The quantitative estimate of drug-likeness (QED) is 0.266. The topological polar surface area (TPSA) is 98.9 Å². The number of aromatic nitrogens is 3. The Morgan fingerprint density at radius 3 is 2.67 bits per heavy atom. The summed E-state index contributed by atoms with van der Waals surface area (Å²) in [5.74, 6) is 0.279. The summed E-state index contributed by atoms with van der Waals surface area (Å²) < 4.78 is 19.2. The Morgan fingerprint density at radius 2 is 1.88 bits per heavy atom. The molecule has 6 rings (SSSR count). The number of carboxylic acid groups (broad SMARTS) is 1. The molecule has 0 unspecified atom stereocenters. The predicted octanol–water partition coefficient (Wildman–Crippen LogP) is 5.76. The van der Waals surface area contributed by atoms with E-state index >= 15 is 0 Å². The van der Waals surface area contributed by atoms with Crippen LogP contribution in [0, 0.1) is 13.8 Å². The van der Waals surface area contributed by atoms with E-state index in [-0.39, 0.29) is 11.4 Å². The van der Waals surface area contributed by atoms with Crippen LogP contribution >= 0.6 is 0 Å². The van der Waals surface area contributed by atoms with E-state index in [1.54, 1.807) is 13.0 Å². The van der Waals surface area contributed by atoms with Crippen LogP contribution in [0.3, 0.4) is 0 Å². The zero-order valence-electron chi connectivity index (χ0n) is 25.0. The van der Waals surface area contributed by atoms with Crippen LogP contribution in [0.4, 0.5) is 0 Å². The highest BCUT2D eigenvalue weighted by Crippen LogP contribution is 2.35. The summed E-state index contributed by atoms with van der Waals surface area (Å²) in [4.78, 5) is 19.2. The Balaban J connectivity index is 1.24. The molecule has 1 saturated heterocycles. The SMILES string of the molecule is CCOc1c(C(=O)O)cnn1-c1cccc(-c2cccc(C)c2OCc2ccc3c(c2C)CCN(C2CCOCC2)C3)n1. The number of hydrogen-bond donors (Lipinski definition) is 1. The normalized spacial score (nSPS) is 15.7. The second-order valence-electron chi connectivity index (χ2n) is 11.2. The lowest BCUT2D eigenvalue weighted by molar-refractivity contribution is 0.0290. The number of aryl methyl sites for hydroxylation is 1. The summed E-state index contributed by atoms with van der Waals surface area (Å²) in [6.07, 6.45) is 4.58. The smallest absolute Gasteiger partial charge is 0.342 e. The van der Waals surface area contributed by atoms with Crippen molar-refractivity contribution in [1.29, 1.82) is 0 Å². The lowest BCUT2D eigenvalue weighted by Gasteiger charge is -2.38. The molecule has 224 valence electrons. The van der Waals surface area contributed by atoms with Gasteiger partial charge < -0.3 is 19.3 Å². The minimum absolute atomic E-state index is 0.00894. The van der Waals surface area contributed by atoms with Crippen molar-refractivity contribution in [3.8, 4) is 28.7 Å².